The quantitative estimate of drug-likeness (QED) is 0.279. The fourth-order valence-electron chi connectivity index (χ4n) is 4.63. The van der Waals surface area contributed by atoms with Crippen LogP contribution in [0.1, 0.15) is 72.2 Å². The van der Waals surface area contributed by atoms with Crippen LogP contribution >= 0.6 is 11.8 Å². The fraction of sp³-hybridized carbons (Fsp3) is 0.667. The van der Waals surface area contributed by atoms with Gasteiger partial charge in [-0.25, -0.2) is 0 Å². The van der Waals surface area contributed by atoms with Gasteiger partial charge in [0.1, 0.15) is 18.5 Å². The Kier molecular flexibility index (Phi) is 9.86. The molecule has 0 spiro atoms. The zero-order valence-electron chi connectivity index (χ0n) is 21.6. The lowest BCUT2D eigenvalue weighted by Gasteiger charge is -2.36. The monoisotopic (exact) mass is 487 g/mol. The first-order chi connectivity index (χ1) is 16.3. The average Bonchev–Trinajstić information content (AvgIpc) is 3.17. The van der Waals surface area contributed by atoms with Crippen molar-refractivity contribution in [2.45, 2.75) is 91.6 Å². The molecule has 1 aromatic carbocycles. The molecule has 6 nitrogen and oxygen atoms in total. The summed E-state index contributed by atoms with van der Waals surface area (Å²) in [6.45, 7) is 14.3. The normalized spacial score (nSPS) is 20.6. The van der Waals surface area contributed by atoms with Gasteiger partial charge in [0.25, 0.3) is 0 Å². The van der Waals surface area contributed by atoms with Gasteiger partial charge in [-0.05, 0) is 60.6 Å². The van der Waals surface area contributed by atoms with E-state index < -0.39 is 0 Å². The summed E-state index contributed by atoms with van der Waals surface area (Å²) in [6.07, 6.45) is 4.34. The Bertz CT molecular complexity index is 910. The molecule has 1 aliphatic carbocycles. The first-order valence-corrected chi connectivity index (χ1v) is 13.7. The Labute approximate surface area is 209 Å². The maximum atomic E-state index is 12.7. The summed E-state index contributed by atoms with van der Waals surface area (Å²) < 4.78 is 14.0. The van der Waals surface area contributed by atoms with Gasteiger partial charge in [-0.15, -0.1) is 10.2 Å². The van der Waals surface area contributed by atoms with Gasteiger partial charge >= 0.3 is 5.97 Å². The minimum absolute atomic E-state index is 0.0217. The zero-order valence-corrected chi connectivity index (χ0v) is 22.4. The molecule has 3 atom stereocenters. The van der Waals surface area contributed by atoms with Crippen LogP contribution in [0.3, 0.4) is 0 Å². The number of thioether (sulfide) groups is 1. The average molecular weight is 488 g/mol. The Hall–Kier alpha value is -2.02. The Balaban J connectivity index is 1.60. The Morgan fingerprint density at radius 3 is 2.53 bits per heavy atom. The number of benzene rings is 1. The van der Waals surface area contributed by atoms with E-state index in [1.54, 1.807) is 0 Å². The molecule has 1 aromatic heterocycles. The number of carbonyl (C=O) groups is 1. The van der Waals surface area contributed by atoms with E-state index >= 15 is 0 Å². The number of nitrogens with zero attached hydrogens (tertiary/aromatic N) is 3. The van der Waals surface area contributed by atoms with Crippen LogP contribution in [0.15, 0.2) is 29.4 Å². The number of aromatic nitrogens is 3. The van der Waals surface area contributed by atoms with E-state index in [4.69, 9.17) is 9.47 Å². The summed E-state index contributed by atoms with van der Waals surface area (Å²) in [4.78, 5) is 12.7. The molecule has 188 valence electrons. The zero-order chi connectivity index (χ0) is 24.7. The molecule has 0 amide bonds. The van der Waals surface area contributed by atoms with E-state index in [1.807, 2.05) is 12.1 Å². The number of rotatable bonds is 11. The Morgan fingerprint density at radius 1 is 1.15 bits per heavy atom. The minimum Gasteiger partial charge on any atom is -0.486 e. The van der Waals surface area contributed by atoms with Crippen molar-refractivity contribution in [2.75, 3.05) is 5.75 Å². The molecule has 2 aromatic rings. The maximum absolute atomic E-state index is 12.7. The number of aryl methyl sites for hydroxylation is 1. The van der Waals surface area contributed by atoms with E-state index in [0.29, 0.717) is 30.3 Å². The van der Waals surface area contributed by atoms with Crippen molar-refractivity contribution < 1.29 is 14.3 Å². The van der Waals surface area contributed by atoms with Crippen LogP contribution in [0.25, 0.3) is 0 Å². The summed E-state index contributed by atoms with van der Waals surface area (Å²) in [6, 6.07) is 8.14. The second kappa shape index (κ2) is 12.6. The SMILES string of the molecule is CCc1ccc(OCc2nnc(SCC(=O)O[C@@H]3C[C@@H](C)CC[C@H]3C(C)C)n2CC(C)C)cc1. The minimum atomic E-state index is -0.164. The second-order valence-corrected chi connectivity index (χ2v) is 11.3. The molecule has 0 N–H and O–H groups in total. The van der Waals surface area contributed by atoms with Gasteiger partial charge in [-0.1, -0.05) is 71.9 Å². The molecule has 0 saturated heterocycles. The van der Waals surface area contributed by atoms with E-state index in [2.05, 4.69) is 68.4 Å². The van der Waals surface area contributed by atoms with Crippen LogP contribution in [0.5, 0.6) is 5.75 Å². The highest BCUT2D eigenvalue weighted by molar-refractivity contribution is 7.99. The van der Waals surface area contributed by atoms with Crippen LogP contribution in [0.2, 0.25) is 0 Å². The van der Waals surface area contributed by atoms with Crippen molar-refractivity contribution >= 4 is 17.7 Å². The maximum Gasteiger partial charge on any atom is 0.316 e. The van der Waals surface area contributed by atoms with Gasteiger partial charge in [0.2, 0.25) is 0 Å². The summed E-state index contributed by atoms with van der Waals surface area (Å²) >= 11 is 1.40. The predicted molar refractivity (Wildman–Crippen MR) is 137 cm³/mol. The van der Waals surface area contributed by atoms with E-state index in [-0.39, 0.29) is 17.8 Å². The van der Waals surface area contributed by atoms with Gasteiger partial charge in [0.05, 0.1) is 5.75 Å². The van der Waals surface area contributed by atoms with Gasteiger partial charge in [0, 0.05) is 6.54 Å². The molecule has 1 aliphatic rings. The summed E-state index contributed by atoms with van der Waals surface area (Å²) in [5, 5.41) is 9.48. The number of carbonyl (C=O) groups excluding carboxylic acids is 1. The van der Waals surface area contributed by atoms with Gasteiger partial charge in [-0.2, -0.15) is 0 Å². The smallest absolute Gasteiger partial charge is 0.316 e. The van der Waals surface area contributed by atoms with Crippen molar-refractivity contribution in [1.29, 1.82) is 0 Å². The van der Waals surface area contributed by atoms with Gasteiger partial charge in [-0.3, -0.25) is 4.79 Å². The van der Waals surface area contributed by atoms with E-state index in [9.17, 15) is 4.79 Å². The van der Waals surface area contributed by atoms with Crippen LogP contribution in [-0.4, -0.2) is 32.6 Å². The van der Waals surface area contributed by atoms with Crippen molar-refractivity contribution in [2.24, 2.45) is 23.7 Å². The molecule has 0 unspecified atom stereocenters. The van der Waals surface area contributed by atoms with E-state index in [0.717, 1.165) is 42.5 Å². The van der Waals surface area contributed by atoms with Crippen molar-refractivity contribution in [3.05, 3.63) is 35.7 Å². The van der Waals surface area contributed by atoms with Crippen LogP contribution in [0, 0.1) is 23.7 Å². The number of ether oxygens (including phenoxy) is 2. The molecule has 0 aliphatic heterocycles. The molecule has 1 saturated carbocycles. The second-order valence-electron chi connectivity index (χ2n) is 10.3. The Morgan fingerprint density at radius 2 is 1.88 bits per heavy atom. The summed E-state index contributed by atoms with van der Waals surface area (Å²) in [7, 11) is 0. The molecule has 7 heteroatoms. The highest BCUT2D eigenvalue weighted by Crippen LogP contribution is 2.35. The lowest BCUT2D eigenvalue weighted by atomic mass is 9.75. The summed E-state index contributed by atoms with van der Waals surface area (Å²) in [5.41, 5.74) is 1.28. The number of esters is 1. The number of hydrogen-bond donors (Lipinski definition) is 0. The standard InChI is InChI=1S/C27H41N3O3S/c1-7-21-9-11-22(12-10-21)32-16-25-28-29-27(30(25)15-18(2)3)34-17-26(31)33-24-14-20(6)8-13-23(24)19(4)5/h9-12,18-20,23-24H,7-8,13-17H2,1-6H3/t20-,23-,24+/m0/s1. The first-order valence-electron chi connectivity index (χ1n) is 12.7. The fourth-order valence-corrected chi connectivity index (χ4v) is 5.38. The molecule has 3 rings (SSSR count). The lowest BCUT2D eigenvalue weighted by Crippen LogP contribution is -2.36. The third-order valence-corrected chi connectivity index (χ3v) is 7.54. The van der Waals surface area contributed by atoms with Gasteiger partial charge in [0.15, 0.2) is 11.0 Å². The van der Waals surface area contributed by atoms with Gasteiger partial charge < -0.3 is 14.0 Å². The molecule has 0 bridgehead atoms. The molecule has 1 heterocycles. The predicted octanol–water partition coefficient (Wildman–Crippen LogP) is 6.17. The molecular formula is C27H41N3O3S. The largest absolute Gasteiger partial charge is 0.486 e. The van der Waals surface area contributed by atoms with Crippen LogP contribution in [-0.2, 0) is 29.1 Å². The van der Waals surface area contributed by atoms with Crippen molar-refractivity contribution in [3.8, 4) is 5.75 Å². The van der Waals surface area contributed by atoms with E-state index in [1.165, 1.54) is 23.7 Å². The molecular weight excluding hydrogens is 446 g/mol. The summed E-state index contributed by atoms with van der Waals surface area (Å²) in [5.74, 6) is 3.65. The van der Waals surface area contributed by atoms with Crippen LogP contribution in [0.4, 0.5) is 0 Å². The molecule has 1 fully saturated rings. The van der Waals surface area contributed by atoms with Crippen molar-refractivity contribution in [3.63, 3.8) is 0 Å². The third-order valence-electron chi connectivity index (χ3n) is 6.60. The third kappa shape index (κ3) is 7.49. The highest BCUT2D eigenvalue weighted by atomic mass is 32.2. The highest BCUT2D eigenvalue weighted by Gasteiger charge is 2.33. The van der Waals surface area contributed by atoms with Crippen LogP contribution < -0.4 is 4.74 Å². The topological polar surface area (TPSA) is 66.2 Å². The lowest BCUT2D eigenvalue weighted by molar-refractivity contribution is -0.152. The first kappa shape index (κ1) is 26.6. The molecule has 0 radical (unpaired) electrons. The van der Waals surface area contributed by atoms with Crippen molar-refractivity contribution in [1.82, 2.24) is 14.8 Å². The molecule has 34 heavy (non-hydrogen) atoms. The number of hydrogen-bond acceptors (Lipinski definition) is 6.